The minimum absolute atomic E-state index is 0.00563. The number of hydrogen-bond acceptors (Lipinski definition) is 5. The van der Waals surface area contributed by atoms with Gasteiger partial charge in [-0.15, -0.1) is 0 Å². The van der Waals surface area contributed by atoms with Gasteiger partial charge < -0.3 is 25.5 Å². The van der Waals surface area contributed by atoms with E-state index >= 15 is 0 Å². The van der Waals surface area contributed by atoms with Crippen molar-refractivity contribution in [1.29, 1.82) is 0 Å². The van der Waals surface area contributed by atoms with Crippen molar-refractivity contribution in [3.63, 3.8) is 0 Å². The molecule has 3 aromatic rings. The predicted octanol–water partition coefficient (Wildman–Crippen LogP) is 6.06. The summed E-state index contributed by atoms with van der Waals surface area (Å²) in [6.45, 7) is 3.57. The summed E-state index contributed by atoms with van der Waals surface area (Å²) < 4.78 is 0. The highest BCUT2D eigenvalue weighted by Gasteiger charge is 2.22. The van der Waals surface area contributed by atoms with Crippen molar-refractivity contribution in [3.05, 3.63) is 75.3 Å². The second-order valence-electron chi connectivity index (χ2n) is 9.42. The van der Waals surface area contributed by atoms with Crippen molar-refractivity contribution in [1.82, 2.24) is 0 Å². The molecule has 0 heterocycles. The van der Waals surface area contributed by atoms with Gasteiger partial charge >= 0.3 is 0 Å². The van der Waals surface area contributed by atoms with Gasteiger partial charge in [-0.25, -0.2) is 0 Å². The summed E-state index contributed by atoms with van der Waals surface area (Å²) in [6, 6.07) is 10.2. The molecule has 0 bridgehead atoms. The van der Waals surface area contributed by atoms with E-state index in [9.17, 15) is 25.5 Å². The molecule has 0 unspecified atom stereocenters. The van der Waals surface area contributed by atoms with E-state index < -0.39 is 0 Å². The minimum atomic E-state index is -0.00563. The first-order chi connectivity index (χ1) is 15.7. The normalized spacial score (nSPS) is 14.5. The molecular weight excluding hydrogens is 416 g/mol. The highest BCUT2D eigenvalue weighted by Crippen LogP contribution is 2.41. The minimum Gasteiger partial charge on any atom is -0.508 e. The Bertz CT molecular complexity index is 1180. The van der Waals surface area contributed by atoms with Gasteiger partial charge in [-0.1, -0.05) is 31.4 Å². The fourth-order valence-corrected chi connectivity index (χ4v) is 4.95. The highest BCUT2D eigenvalue weighted by atomic mass is 16.3. The predicted molar refractivity (Wildman–Crippen MR) is 129 cm³/mol. The molecule has 0 aromatic heterocycles. The molecule has 0 radical (unpaired) electrons. The first-order valence-corrected chi connectivity index (χ1v) is 11.6. The molecule has 4 rings (SSSR count). The van der Waals surface area contributed by atoms with Crippen LogP contribution in [0.4, 0.5) is 0 Å². The van der Waals surface area contributed by atoms with E-state index in [1.54, 1.807) is 26.0 Å². The fraction of sp³-hybridized carbons (Fsp3) is 0.357. The molecule has 1 aliphatic rings. The molecule has 1 aliphatic carbocycles. The lowest BCUT2D eigenvalue weighted by molar-refractivity contribution is 0.411. The van der Waals surface area contributed by atoms with Gasteiger partial charge in [0.15, 0.2) is 0 Å². The van der Waals surface area contributed by atoms with E-state index in [1.807, 2.05) is 12.1 Å². The van der Waals surface area contributed by atoms with Gasteiger partial charge in [0.05, 0.1) is 0 Å². The number of rotatable bonds is 5. The lowest BCUT2D eigenvalue weighted by atomic mass is 9.81. The van der Waals surface area contributed by atoms with E-state index in [1.165, 1.54) is 18.6 Å². The van der Waals surface area contributed by atoms with E-state index in [4.69, 9.17) is 0 Å². The monoisotopic (exact) mass is 448 g/mol. The maximum absolute atomic E-state index is 11.2. The van der Waals surface area contributed by atoms with Crippen LogP contribution in [0.2, 0.25) is 0 Å². The first kappa shape index (κ1) is 22.8. The standard InChI is InChI=1S/C28H32O5/c1-16-8-20(26(31)14-24(16)29)10-18-11-22(13-21-9-17(2)25(30)15-27(21)32)28(33)23(12-18)19-6-4-3-5-7-19/h8-9,11-12,14-15,19,29-33H,3-7,10,13H2,1-2H3. The van der Waals surface area contributed by atoms with Crippen LogP contribution in [0.5, 0.6) is 28.7 Å². The molecule has 33 heavy (non-hydrogen) atoms. The molecule has 5 nitrogen and oxygen atoms in total. The quantitative estimate of drug-likeness (QED) is 0.327. The largest absolute Gasteiger partial charge is 0.508 e. The SMILES string of the molecule is Cc1cc(Cc2cc(Cc3cc(C)c(O)cc3O)c(O)c(C3CCCCC3)c2)c(O)cc1O. The van der Waals surface area contributed by atoms with Gasteiger partial charge in [0, 0.05) is 25.0 Å². The number of phenols is 5. The Hall–Kier alpha value is -3.34. The Labute approximate surface area is 194 Å². The third-order valence-corrected chi connectivity index (χ3v) is 6.89. The Kier molecular flexibility index (Phi) is 6.41. The van der Waals surface area contributed by atoms with Gasteiger partial charge in [0.2, 0.25) is 0 Å². The van der Waals surface area contributed by atoms with Crippen molar-refractivity contribution in [2.45, 2.75) is 64.7 Å². The van der Waals surface area contributed by atoms with Gasteiger partial charge in [-0.05, 0) is 83.7 Å². The summed E-state index contributed by atoms with van der Waals surface area (Å²) in [4.78, 5) is 0. The van der Waals surface area contributed by atoms with Gasteiger partial charge in [-0.3, -0.25) is 0 Å². The third kappa shape index (κ3) is 4.87. The number of benzene rings is 3. The van der Waals surface area contributed by atoms with Gasteiger partial charge in [0.1, 0.15) is 28.7 Å². The summed E-state index contributed by atoms with van der Waals surface area (Å²) >= 11 is 0. The van der Waals surface area contributed by atoms with Crippen LogP contribution < -0.4 is 0 Å². The molecule has 0 atom stereocenters. The van der Waals surface area contributed by atoms with E-state index in [0.717, 1.165) is 36.8 Å². The van der Waals surface area contributed by atoms with Crippen molar-refractivity contribution < 1.29 is 25.5 Å². The lowest BCUT2D eigenvalue weighted by Crippen LogP contribution is -2.07. The third-order valence-electron chi connectivity index (χ3n) is 6.89. The number of phenolic OH excluding ortho intramolecular Hbond substituents is 5. The Morgan fingerprint density at radius 1 is 0.606 bits per heavy atom. The molecular formula is C28H32O5. The van der Waals surface area contributed by atoms with Crippen LogP contribution in [0.25, 0.3) is 0 Å². The zero-order valence-electron chi connectivity index (χ0n) is 19.2. The van der Waals surface area contributed by atoms with Crippen molar-refractivity contribution >= 4 is 0 Å². The van der Waals surface area contributed by atoms with Crippen LogP contribution in [0.15, 0.2) is 36.4 Å². The number of aromatic hydroxyl groups is 5. The molecule has 1 fully saturated rings. The average Bonchev–Trinajstić information content (AvgIpc) is 2.78. The Balaban J connectivity index is 1.77. The van der Waals surface area contributed by atoms with Crippen LogP contribution >= 0.6 is 0 Å². The Morgan fingerprint density at radius 2 is 1.15 bits per heavy atom. The molecule has 0 aliphatic heterocycles. The van der Waals surface area contributed by atoms with Crippen LogP contribution in [0, 0.1) is 13.8 Å². The summed E-state index contributed by atoms with van der Waals surface area (Å²) in [5.41, 5.74) is 5.29. The maximum Gasteiger partial charge on any atom is 0.122 e. The summed E-state index contributed by atoms with van der Waals surface area (Å²) in [5.74, 6) is 0.677. The summed E-state index contributed by atoms with van der Waals surface area (Å²) in [6.07, 6.45) is 6.34. The zero-order chi connectivity index (χ0) is 23.7. The molecule has 174 valence electrons. The number of aryl methyl sites for hydroxylation is 2. The topological polar surface area (TPSA) is 101 Å². The Morgan fingerprint density at radius 3 is 1.73 bits per heavy atom. The molecule has 0 amide bonds. The van der Waals surface area contributed by atoms with Crippen LogP contribution in [-0.2, 0) is 12.8 Å². The van der Waals surface area contributed by atoms with Crippen LogP contribution in [0.3, 0.4) is 0 Å². The first-order valence-electron chi connectivity index (χ1n) is 11.6. The second-order valence-corrected chi connectivity index (χ2v) is 9.42. The van der Waals surface area contributed by atoms with Crippen molar-refractivity contribution in [2.24, 2.45) is 0 Å². The molecule has 0 saturated heterocycles. The van der Waals surface area contributed by atoms with E-state index in [-0.39, 0.29) is 34.7 Å². The molecule has 5 heteroatoms. The smallest absolute Gasteiger partial charge is 0.122 e. The van der Waals surface area contributed by atoms with E-state index in [0.29, 0.717) is 40.7 Å². The fourth-order valence-electron chi connectivity index (χ4n) is 4.95. The maximum atomic E-state index is 11.2. The molecule has 0 spiro atoms. The van der Waals surface area contributed by atoms with Gasteiger partial charge in [-0.2, -0.15) is 0 Å². The highest BCUT2D eigenvalue weighted by molar-refractivity contribution is 5.53. The van der Waals surface area contributed by atoms with Crippen LogP contribution in [0.1, 0.15) is 77.0 Å². The van der Waals surface area contributed by atoms with Gasteiger partial charge in [0.25, 0.3) is 0 Å². The second kappa shape index (κ2) is 9.26. The average molecular weight is 449 g/mol. The summed E-state index contributed by atoms with van der Waals surface area (Å²) in [7, 11) is 0. The van der Waals surface area contributed by atoms with Crippen molar-refractivity contribution in [3.8, 4) is 28.7 Å². The summed E-state index contributed by atoms with van der Waals surface area (Å²) in [5, 5.41) is 51.8. The molecule has 5 N–H and O–H groups in total. The molecule has 1 saturated carbocycles. The van der Waals surface area contributed by atoms with Crippen molar-refractivity contribution in [2.75, 3.05) is 0 Å². The van der Waals surface area contributed by atoms with E-state index in [2.05, 4.69) is 0 Å². The number of hydrogen-bond donors (Lipinski definition) is 5. The lowest BCUT2D eigenvalue weighted by Gasteiger charge is -2.25. The van der Waals surface area contributed by atoms with Crippen LogP contribution in [-0.4, -0.2) is 25.5 Å². The molecule has 3 aromatic carbocycles. The zero-order valence-corrected chi connectivity index (χ0v) is 19.2.